The highest BCUT2D eigenvalue weighted by atomic mass is 15.2. The van der Waals surface area contributed by atoms with E-state index in [1.807, 2.05) is 6.20 Å². The van der Waals surface area contributed by atoms with Crippen LogP contribution in [0.4, 0.5) is 0 Å². The summed E-state index contributed by atoms with van der Waals surface area (Å²) in [6.45, 7) is 9.03. The zero-order valence-corrected chi connectivity index (χ0v) is 12.3. The van der Waals surface area contributed by atoms with Crippen molar-refractivity contribution in [3.8, 4) is 0 Å². The number of hydrogen-bond acceptors (Lipinski definition) is 3. The molecule has 2 aliphatic rings. The summed E-state index contributed by atoms with van der Waals surface area (Å²) in [5, 5.41) is 0. The Morgan fingerprint density at radius 2 is 2.05 bits per heavy atom. The Morgan fingerprint density at radius 1 is 1.37 bits per heavy atom. The van der Waals surface area contributed by atoms with Gasteiger partial charge in [0.1, 0.15) is 0 Å². The zero-order valence-electron chi connectivity index (χ0n) is 12.3. The van der Waals surface area contributed by atoms with Crippen molar-refractivity contribution < 1.29 is 0 Å². The Labute approximate surface area is 116 Å². The molecule has 2 heterocycles. The quantitative estimate of drug-likeness (QED) is 0.842. The van der Waals surface area contributed by atoms with Gasteiger partial charge >= 0.3 is 0 Å². The fraction of sp³-hybridized carbons (Fsp3) is 0.688. The second-order valence-corrected chi connectivity index (χ2v) is 6.70. The van der Waals surface area contributed by atoms with Crippen molar-refractivity contribution in [2.45, 2.75) is 52.1 Å². The third kappa shape index (κ3) is 2.09. The van der Waals surface area contributed by atoms with E-state index in [2.05, 4.69) is 36.7 Å². The third-order valence-electron chi connectivity index (χ3n) is 5.18. The van der Waals surface area contributed by atoms with Crippen molar-refractivity contribution >= 4 is 0 Å². The van der Waals surface area contributed by atoms with Crippen LogP contribution in [0.2, 0.25) is 0 Å². The van der Waals surface area contributed by atoms with Gasteiger partial charge in [0.25, 0.3) is 0 Å². The monoisotopic (exact) mass is 259 g/mol. The van der Waals surface area contributed by atoms with Gasteiger partial charge in [0, 0.05) is 24.0 Å². The number of hydrogen-bond donors (Lipinski definition) is 1. The number of aryl methyl sites for hydroxylation is 1. The van der Waals surface area contributed by atoms with Gasteiger partial charge in [-0.05, 0) is 69.7 Å². The molecule has 1 aromatic rings. The van der Waals surface area contributed by atoms with Gasteiger partial charge in [0.15, 0.2) is 0 Å². The molecular formula is C16H25N3. The maximum absolute atomic E-state index is 6.59. The van der Waals surface area contributed by atoms with E-state index in [4.69, 9.17) is 5.73 Å². The summed E-state index contributed by atoms with van der Waals surface area (Å²) in [5.74, 6) is 0. The maximum Gasteiger partial charge on any atom is 0.0457 e. The van der Waals surface area contributed by atoms with E-state index in [1.54, 1.807) is 0 Å². The largest absolute Gasteiger partial charge is 0.323 e. The normalized spacial score (nSPS) is 26.1. The van der Waals surface area contributed by atoms with Crippen LogP contribution in [0.3, 0.4) is 0 Å². The van der Waals surface area contributed by atoms with Gasteiger partial charge in [-0.2, -0.15) is 0 Å². The van der Waals surface area contributed by atoms with Crippen LogP contribution < -0.4 is 5.73 Å². The van der Waals surface area contributed by atoms with Crippen LogP contribution in [-0.4, -0.2) is 29.0 Å². The predicted octanol–water partition coefficient (Wildman–Crippen LogP) is 2.44. The minimum Gasteiger partial charge on any atom is -0.323 e. The smallest absolute Gasteiger partial charge is 0.0457 e. The minimum atomic E-state index is 0.184. The van der Waals surface area contributed by atoms with Gasteiger partial charge in [0.2, 0.25) is 0 Å². The molecule has 3 rings (SSSR count). The summed E-state index contributed by atoms with van der Waals surface area (Å²) in [6, 6.07) is 3.08. The van der Waals surface area contributed by atoms with Crippen molar-refractivity contribution in [3.63, 3.8) is 0 Å². The van der Waals surface area contributed by atoms with Crippen LogP contribution in [0.15, 0.2) is 12.3 Å². The molecule has 19 heavy (non-hydrogen) atoms. The lowest BCUT2D eigenvalue weighted by atomic mass is 9.73. The first kappa shape index (κ1) is 13.1. The highest BCUT2D eigenvalue weighted by Gasteiger charge is 2.46. The Hall–Kier alpha value is -0.930. The highest BCUT2D eigenvalue weighted by molar-refractivity contribution is 5.35. The number of piperidine rings is 1. The van der Waals surface area contributed by atoms with Gasteiger partial charge in [-0.25, -0.2) is 0 Å². The van der Waals surface area contributed by atoms with Crippen LogP contribution in [-0.2, 0) is 6.42 Å². The predicted molar refractivity (Wildman–Crippen MR) is 78.0 cm³/mol. The SMILES string of the molecule is Cc1cnc2c(c1)[C@@H](N)C1(CCN(C(C)C)CC1)C2. The molecule has 1 spiro atoms. The van der Waals surface area contributed by atoms with Crippen molar-refractivity contribution in [3.05, 3.63) is 29.1 Å². The van der Waals surface area contributed by atoms with Crippen molar-refractivity contribution in [2.24, 2.45) is 11.1 Å². The Balaban J connectivity index is 1.82. The lowest BCUT2D eigenvalue weighted by molar-refractivity contribution is 0.0708. The second-order valence-electron chi connectivity index (χ2n) is 6.70. The Kier molecular flexibility index (Phi) is 3.14. The summed E-state index contributed by atoms with van der Waals surface area (Å²) in [5.41, 5.74) is 10.6. The Bertz CT molecular complexity index is 473. The van der Waals surface area contributed by atoms with Gasteiger partial charge in [-0.1, -0.05) is 6.07 Å². The second kappa shape index (κ2) is 4.57. The summed E-state index contributed by atoms with van der Waals surface area (Å²) in [6.07, 6.45) is 5.48. The van der Waals surface area contributed by atoms with Crippen molar-refractivity contribution in [1.82, 2.24) is 9.88 Å². The van der Waals surface area contributed by atoms with Crippen LogP contribution in [0.25, 0.3) is 0 Å². The maximum atomic E-state index is 6.59. The summed E-state index contributed by atoms with van der Waals surface area (Å²) in [7, 11) is 0. The van der Waals surface area contributed by atoms with Crippen LogP contribution >= 0.6 is 0 Å². The molecule has 1 atom stereocenters. The molecule has 1 aromatic heterocycles. The van der Waals surface area contributed by atoms with Crippen molar-refractivity contribution in [2.75, 3.05) is 13.1 Å². The van der Waals surface area contributed by atoms with E-state index >= 15 is 0 Å². The number of aromatic nitrogens is 1. The standard InChI is InChI=1S/C16H25N3/c1-11(2)19-6-4-16(5-7-19)9-14-13(15(16)17)8-12(3)10-18-14/h8,10-11,15H,4-7,9,17H2,1-3H3/t15-/m1/s1. The van der Waals surface area contributed by atoms with E-state index in [-0.39, 0.29) is 11.5 Å². The molecule has 0 unspecified atom stereocenters. The molecule has 1 saturated heterocycles. The van der Waals surface area contributed by atoms with Crippen LogP contribution in [0.5, 0.6) is 0 Å². The third-order valence-corrected chi connectivity index (χ3v) is 5.18. The number of pyridine rings is 1. The summed E-state index contributed by atoms with van der Waals surface area (Å²) < 4.78 is 0. The first-order chi connectivity index (χ1) is 9.02. The zero-order chi connectivity index (χ0) is 13.6. The number of fused-ring (bicyclic) bond motifs is 1. The highest BCUT2D eigenvalue weighted by Crippen LogP contribution is 2.50. The minimum absolute atomic E-state index is 0.184. The lowest BCUT2D eigenvalue weighted by Gasteiger charge is -2.43. The molecule has 1 aliphatic heterocycles. The molecule has 104 valence electrons. The summed E-state index contributed by atoms with van der Waals surface area (Å²) >= 11 is 0. The molecule has 1 fully saturated rings. The molecule has 0 amide bonds. The van der Waals surface area contributed by atoms with E-state index in [0.29, 0.717) is 6.04 Å². The average Bonchev–Trinajstić information content (AvgIpc) is 2.64. The number of likely N-dealkylation sites (tertiary alicyclic amines) is 1. The Morgan fingerprint density at radius 3 is 2.68 bits per heavy atom. The van der Waals surface area contributed by atoms with E-state index in [0.717, 1.165) is 6.42 Å². The molecule has 0 radical (unpaired) electrons. The fourth-order valence-corrected chi connectivity index (χ4v) is 3.78. The number of nitrogens with two attached hydrogens (primary N) is 1. The van der Waals surface area contributed by atoms with E-state index < -0.39 is 0 Å². The molecule has 3 heteroatoms. The molecule has 2 N–H and O–H groups in total. The molecule has 1 aliphatic carbocycles. The molecule has 0 saturated carbocycles. The van der Waals surface area contributed by atoms with Gasteiger partial charge < -0.3 is 10.6 Å². The van der Waals surface area contributed by atoms with Gasteiger partial charge in [-0.15, -0.1) is 0 Å². The van der Waals surface area contributed by atoms with E-state index in [9.17, 15) is 0 Å². The molecule has 0 bridgehead atoms. The summed E-state index contributed by atoms with van der Waals surface area (Å²) in [4.78, 5) is 7.19. The van der Waals surface area contributed by atoms with Crippen LogP contribution in [0, 0.1) is 12.3 Å². The molecule has 0 aromatic carbocycles. The van der Waals surface area contributed by atoms with Crippen LogP contribution in [0.1, 0.15) is 49.6 Å². The topological polar surface area (TPSA) is 42.1 Å². The van der Waals surface area contributed by atoms with Gasteiger partial charge in [0.05, 0.1) is 0 Å². The lowest BCUT2D eigenvalue weighted by Crippen LogP contribution is -2.46. The first-order valence-corrected chi connectivity index (χ1v) is 7.47. The first-order valence-electron chi connectivity index (χ1n) is 7.47. The number of rotatable bonds is 1. The molecular weight excluding hydrogens is 234 g/mol. The molecule has 3 nitrogen and oxygen atoms in total. The van der Waals surface area contributed by atoms with Crippen molar-refractivity contribution in [1.29, 1.82) is 0 Å². The van der Waals surface area contributed by atoms with Gasteiger partial charge in [-0.3, -0.25) is 4.98 Å². The fourth-order valence-electron chi connectivity index (χ4n) is 3.78. The van der Waals surface area contributed by atoms with E-state index in [1.165, 1.54) is 42.8 Å². The number of nitrogens with zero attached hydrogens (tertiary/aromatic N) is 2. The average molecular weight is 259 g/mol.